The summed E-state index contributed by atoms with van der Waals surface area (Å²) >= 11 is 1.56. The molecule has 1 amide bonds. The maximum Gasteiger partial charge on any atom is 0.304 e. The quantitative estimate of drug-likeness (QED) is 0.905. The van der Waals surface area contributed by atoms with Crippen molar-refractivity contribution in [3.8, 4) is 0 Å². The number of carboxylic acids is 1. The lowest BCUT2D eigenvalue weighted by atomic mass is 10.0. The van der Waals surface area contributed by atoms with E-state index in [0.29, 0.717) is 12.3 Å². The average Bonchev–Trinajstić information content (AvgIpc) is 2.72. The van der Waals surface area contributed by atoms with Crippen LogP contribution >= 0.6 is 11.8 Å². The first kappa shape index (κ1) is 16.6. The summed E-state index contributed by atoms with van der Waals surface area (Å²) in [7, 11) is 0. The van der Waals surface area contributed by atoms with E-state index in [1.165, 1.54) is 0 Å². The molecule has 3 rings (SSSR count). The lowest BCUT2D eigenvalue weighted by Gasteiger charge is -2.25. The minimum atomic E-state index is -0.928. The van der Waals surface area contributed by atoms with Crippen molar-refractivity contribution in [2.24, 2.45) is 5.92 Å². The number of hydrogen-bond donors (Lipinski definition) is 1. The van der Waals surface area contributed by atoms with Gasteiger partial charge in [-0.1, -0.05) is 42.5 Å². The summed E-state index contributed by atoms with van der Waals surface area (Å²) in [4.78, 5) is 26.8. The predicted molar refractivity (Wildman–Crippen MR) is 95.4 cm³/mol. The first-order valence-electron chi connectivity index (χ1n) is 7.94. The van der Waals surface area contributed by atoms with Gasteiger partial charge in [0.1, 0.15) is 0 Å². The van der Waals surface area contributed by atoms with Crippen LogP contribution in [0.1, 0.15) is 12.0 Å². The van der Waals surface area contributed by atoms with Crippen LogP contribution in [0.4, 0.5) is 5.69 Å². The van der Waals surface area contributed by atoms with Gasteiger partial charge in [-0.15, -0.1) is 11.8 Å². The molecule has 0 bridgehead atoms. The average molecular weight is 341 g/mol. The van der Waals surface area contributed by atoms with E-state index in [0.717, 1.165) is 22.6 Å². The lowest BCUT2D eigenvalue weighted by molar-refractivity contribution is -0.140. The number of amides is 1. The Balaban J connectivity index is 1.86. The number of aliphatic carboxylic acids is 1. The maximum atomic E-state index is 12.9. The number of benzene rings is 2. The molecule has 1 aliphatic heterocycles. The number of fused-ring (bicyclic) bond motifs is 1. The highest BCUT2D eigenvalue weighted by atomic mass is 32.2. The molecule has 0 saturated carbocycles. The normalized spacial score (nSPS) is 17.2. The largest absolute Gasteiger partial charge is 0.481 e. The fourth-order valence-corrected chi connectivity index (χ4v) is 4.02. The zero-order valence-corrected chi connectivity index (χ0v) is 14.0. The van der Waals surface area contributed by atoms with Crippen molar-refractivity contribution in [1.29, 1.82) is 0 Å². The maximum absolute atomic E-state index is 12.9. The van der Waals surface area contributed by atoms with Gasteiger partial charge in [-0.3, -0.25) is 9.59 Å². The van der Waals surface area contributed by atoms with Crippen molar-refractivity contribution in [3.05, 3.63) is 60.2 Å². The molecule has 1 atom stereocenters. The molecule has 2 aromatic rings. The summed E-state index contributed by atoms with van der Waals surface area (Å²) in [6.45, 7) is 0.552. The Morgan fingerprint density at radius 1 is 1.12 bits per heavy atom. The van der Waals surface area contributed by atoms with E-state index in [4.69, 9.17) is 5.11 Å². The van der Waals surface area contributed by atoms with Crippen LogP contribution in [0.5, 0.6) is 0 Å². The van der Waals surface area contributed by atoms with Gasteiger partial charge < -0.3 is 10.0 Å². The van der Waals surface area contributed by atoms with Gasteiger partial charge in [0.2, 0.25) is 5.91 Å². The summed E-state index contributed by atoms with van der Waals surface area (Å²) < 4.78 is 0. The van der Waals surface area contributed by atoms with Crippen LogP contribution in [-0.2, 0) is 16.0 Å². The minimum Gasteiger partial charge on any atom is -0.481 e. The molecular formula is C19H19NO3S. The number of hydrogen-bond acceptors (Lipinski definition) is 3. The second kappa shape index (κ2) is 7.53. The smallest absolute Gasteiger partial charge is 0.304 e. The minimum absolute atomic E-state index is 0.0919. The Bertz CT molecular complexity index is 732. The number of rotatable bonds is 5. The monoisotopic (exact) mass is 341 g/mol. The molecule has 1 aliphatic rings. The van der Waals surface area contributed by atoms with E-state index < -0.39 is 11.9 Å². The summed E-state index contributed by atoms with van der Waals surface area (Å²) in [5.74, 6) is -1.01. The summed E-state index contributed by atoms with van der Waals surface area (Å²) in [5.41, 5.74) is 2.05. The lowest BCUT2D eigenvalue weighted by Crippen LogP contribution is -2.38. The van der Waals surface area contributed by atoms with Crippen LogP contribution in [-0.4, -0.2) is 29.3 Å². The Kier molecular flexibility index (Phi) is 5.20. The highest BCUT2D eigenvalue weighted by Gasteiger charge is 2.31. The van der Waals surface area contributed by atoms with Gasteiger partial charge in [-0.05, 0) is 24.1 Å². The van der Waals surface area contributed by atoms with Gasteiger partial charge in [0.15, 0.2) is 0 Å². The van der Waals surface area contributed by atoms with Gasteiger partial charge in [-0.2, -0.15) is 0 Å². The molecule has 0 saturated heterocycles. The van der Waals surface area contributed by atoms with Crippen LogP contribution < -0.4 is 4.90 Å². The van der Waals surface area contributed by atoms with Gasteiger partial charge in [0, 0.05) is 17.2 Å². The van der Waals surface area contributed by atoms with Gasteiger partial charge in [0.25, 0.3) is 0 Å². The molecule has 0 spiro atoms. The molecule has 1 unspecified atom stereocenters. The van der Waals surface area contributed by atoms with E-state index >= 15 is 0 Å². The van der Waals surface area contributed by atoms with E-state index in [2.05, 4.69) is 0 Å². The molecule has 24 heavy (non-hydrogen) atoms. The van der Waals surface area contributed by atoms with Gasteiger partial charge >= 0.3 is 5.97 Å². The number of nitrogens with zero attached hydrogens (tertiary/aromatic N) is 1. The highest BCUT2D eigenvalue weighted by molar-refractivity contribution is 7.99. The third-order valence-corrected chi connectivity index (χ3v) is 5.32. The second-order valence-corrected chi connectivity index (χ2v) is 6.86. The number of carboxylic acid groups (broad SMARTS) is 1. The van der Waals surface area contributed by atoms with E-state index in [1.54, 1.807) is 16.7 Å². The number of carbonyl (C=O) groups excluding carboxylic acids is 1. The second-order valence-electron chi connectivity index (χ2n) is 5.80. The fraction of sp³-hybridized carbons (Fsp3) is 0.263. The van der Waals surface area contributed by atoms with Gasteiger partial charge in [-0.25, -0.2) is 0 Å². The van der Waals surface area contributed by atoms with Crippen LogP contribution in [0.2, 0.25) is 0 Å². The summed E-state index contributed by atoms with van der Waals surface area (Å²) in [6, 6.07) is 17.8. The molecule has 5 heteroatoms. The van der Waals surface area contributed by atoms with E-state index in [1.807, 2.05) is 54.6 Å². The van der Waals surface area contributed by atoms with Crippen molar-refractivity contribution >= 4 is 29.3 Å². The molecule has 0 fully saturated rings. The number of carbonyl (C=O) groups is 2. The van der Waals surface area contributed by atoms with Crippen molar-refractivity contribution in [1.82, 2.24) is 0 Å². The van der Waals surface area contributed by atoms with E-state index in [-0.39, 0.29) is 12.3 Å². The van der Waals surface area contributed by atoms with Crippen molar-refractivity contribution in [2.45, 2.75) is 17.7 Å². The standard InChI is InChI=1S/C19H19NO3S/c21-18(22)12-15-13-24-17-9-5-4-8-16(17)20(19(15)23)11-10-14-6-2-1-3-7-14/h1-9,15H,10-13H2,(H,21,22). The molecule has 0 radical (unpaired) electrons. The topological polar surface area (TPSA) is 57.6 Å². The van der Waals surface area contributed by atoms with Crippen LogP contribution in [0, 0.1) is 5.92 Å². The third kappa shape index (κ3) is 3.79. The zero-order chi connectivity index (χ0) is 16.9. The molecule has 2 aromatic carbocycles. The van der Waals surface area contributed by atoms with Crippen LogP contribution in [0.15, 0.2) is 59.5 Å². The summed E-state index contributed by atoms with van der Waals surface area (Å²) in [5, 5.41) is 9.11. The molecule has 4 nitrogen and oxygen atoms in total. The predicted octanol–water partition coefficient (Wildman–Crippen LogP) is 3.46. The highest BCUT2D eigenvalue weighted by Crippen LogP contribution is 2.36. The molecule has 1 N–H and O–H groups in total. The molecule has 1 heterocycles. The summed E-state index contributed by atoms with van der Waals surface area (Å²) in [6.07, 6.45) is 0.618. The van der Waals surface area contributed by atoms with Crippen molar-refractivity contribution < 1.29 is 14.7 Å². The Labute approximate surface area is 145 Å². The van der Waals surface area contributed by atoms with Gasteiger partial charge in [0.05, 0.1) is 18.0 Å². The van der Waals surface area contributed by atoms with Crippen molar-refractivity contribution in [3.63, 3.8) is 0 Å². The molecule has 0 aliphatic carbocycles. The fourth-order valence-electron chi connectivity index (χ4n) is 2.88. The van der Waals surface area contributed by atoms with E-state index in [9.17, 15) is 9.59 Å². The van der Waals surface area contributed by atoms with Crippen LogP contribution in [0.25, 0.3) is 0 Å². The number of anilines is 1. The van der Waals surface area contributed by atoms with Crippen LogP contribution in [0.3, 0.4) is 0 Å². The first-order valence-corrected chi connectivity index (χ1v) is 8.92. The van der Waals surface area contributed by atoms with Crippen molar-refractivity contribution in [2.75, 3.05) is 17.2 Å². The molecule has 0 aromatic heterocycles. The Hall–Kier alpha value is -2.27. The Morgan fingerprint density at radius 2 is 1.83 bits per heavy atom. The molecule has 124 valence electrons. The number of para-hydroxylation sites is 1. The zero-order valence-electron chi connectivity index (χ0n) is 13.2. The molecular weight excluding hydrogens is 322 g/mol. The number of thioether (sulfide) groups is 1. The third-order valence-electron chi connectivity index (χ3n) is 4.10. The first-order chi connectivity index (χ1) is 11.6. The Morgan fingerprint density at radius 3 is 2.58 bits per heavy atom. The SMILES string of the molecule is O=C(O)CC1CSc2ccccc2N(CCc2ccccc2)C1=O.